The van der Waals surface area contributed by atoms with Gasteiger partial charge in [0.05, 0.1) is 24.4 Å². The van der Waals surface area contributed by atoms with Gasteiger partial charge in [-0.1, -0.05) is 59.6 Å². The average molecular weight is 456 g/mol. The summed E-state index contributed by atoms with van der Waals surface area (Å²) in [5.41, 5.74) is 5.06. The van der Waals surface area contributed by atoms with Gasteiger partial charge < -0.3 is 4.74 Å². The quantitative estimate of drug-likeness (QED) is 0.344. The number of amides is 1. The van der Waals surface area contributed by atoms with Crippen LogP contribution in [0.2, 0.25) is 5.15 Å². The zero-order chi connectivity index (χ0) is 22.9. The standard InChI is InChI=1S/C27H22ClN3O2/c1-17-7-6-10-19(13-17)24-16-25(31(30-24)27(32)18-8-4-3-5-9-18)22-14-20-11-12-21(33-2)15-23(20)29-26(22)28/h3-15,25H,16H2,1-2H3/t25-/m1/s1. The Labute approximate surface area is 197 Å². The van der Waals surface area contributed by atoms with Crippen molar-refractivity contribution in [2.45, 2.75) is 19.4 Å². The second-order valence-electron chi connectivity index (χ2n) is 8.08. The number of fused-ring (bicyclic) bond motifs is 1. The van der Waals surface area contributed by atoms with Crippen LogP contribution in [-0.2, 0) is 0 Å². The molecule has 0 spiro atoms. The fourth-order valence-corrected chi connectivity index (χ4v) is 4.42. The van der Waals surface area contributed by atoms with E-state index in [1.165, 1.54) is 0 Å². The minimum atomic E-state index is -0.361. The number of aromatic nitrogens is 1. The van der Waals surface area contributed by atoms with Crippen LogP contribution in [0.25, 0.3) is 10.9 Å². The first-order chi connectivity index (χ1) is 16.0. The molecule has 1 aliphatic rings. The molecule has 1 aliphatic heterocycles. The molecule has 5 rings (SSSR count). The summed E-state index contributed by atoms with van der Waals surface area (Å²) in [4.78, 5) is 18.1. The van der Waals surface area contributed by atoms with Gasteiger partial charge in [-0.05, 0) is 42.8 Å². The molecule has 1 atom stereocenters. The van der Waals surface area contributed by atoms with Crippen LogP contribution in [0.5, 0.6) is 5.75 Å². The van der Waals surface area contributed by atoms with Gasteiger partial charge in [0.2, 0.25) is 0 Å². The number of aryl methyl sites for hydroxylation is 1. The van der Waals surface area contributed by atoms with Crippen LogP contribution in [0.15, 0.2) is 84.0 Å². The number of ether oxygens (including phenoxy) is 1. The first-order valence-corrected chi connectivity index (χ1v) is 11.1. The highest BCUT2D eigenvalue weighted by atomic mass is 35.5. The fourth-order valence-electron chi connectivity index (χ4n) is 4.15. The summed E-state index contributed by atoms with van der Waals surface area (Å²) < 4.78 is 5.31. The molecule has 0 saturated carbocycles. The number of hydrazone groups is 1. The zero-order valence-electron chi connectivity index (χ0n) is 18.3. The molecule has 0 bridgehead atoms. The maximum absolute atomic E-state index is 13.5. The lowest BCUT2D eigenvalue weighted by Crippen LogP contribution is -2.27. The highest BCUT2D eigenvalue weighted by Gasteiger charge is 2.35. The minimum absolute atomic E-state index is 0.172. The van der Waals surface area contributed by atoms with Gasteiger partial charge in [-0.15, -0.1) is 0 Å². The lowest BCUT2D eigenvalue weighted by atomic mass is 9.97. The third-order valence-electron chi connectivity index (χ3n) is 5.85. The van der Waals surface area contributed by atoms with Crippen LogP contribution in [0.3, 0.4) is 0 Å². The first kappa shape index (κ1) is 21.2. The van der Waals surface area contributed by atoms with Gasteiger partial charge in [0.25, 0.3) is 5.91 Å². The van der Waals surface area contributed by atoms with Crippen LogP contribution in [-0.4, -0.2) is 28.7 Å². The molecular weight excluding hydrogens is 434 g/mol. The van der Waals surface area contributed by atoms with E-state index in [1.54, 1.807) is 24.3 Å². The number of hydrogen-bond acceptors (Lipinski definition) is 4. The number of halogens is 1. The molecule has 1 amide bonds. The Morgan fingerprint density at radius 2 is 1.85 bits per heavy atom. The molecule has 0 N–H and O–H groups in total. The monoisotopic (exact) mass is 455 g/mol. The van der Waals surface area contributed by atoms with Crippen molar-refractivity contribution in [3.8, 4) is 5.75 Å². The van der Waals surface area contributed by atoms with E-state index in [9.17, 15) is 4.79 Å². The summed E-state index contributed by atoms with van der Waals surface area (Å²) in [6.45, 7) is 2.04. The molecule has 6 heteroatoms. The molecule has 0 radical (unpaired) electrons. The Hall–Kier alpha value is -3.70. The van der Waals surface area contributed by atoms with Crippen molar-refractivity contribution in [2.24, 2.45) is 5.10 Å². The van der Waals surface area contributed by atoms with Crippen molar-refractivity contribution in [3.05, 3.63) is 106 Å². The van der Waals surface area contributed by atoms with E-state index in [2.05, 4.69) is 11.1 Å². The van der Waals surface area contributed by atoms with Crippen LogP contribution >= 0.6 is 11.6 Å². The molecule has 5 nitrogen and oxygen atoms in total. The summed E-state index contributed by atoms with van der Waals surface area (Å²) in [7, 11) is 1.62. The number of rotatable bonds is 4. The van der Waals surface area contributed by atoms with E-state index in [-0.39, 0.29) is 11.9 Å². The van der Waals surface area contributed by atoms with Gasteiger partial charge in [-0.25, -0.2) is 9.99 Å². The molecule has 2 heterocycles. The van der Waals surface area contributed by atoms with Crippen LogP contribution in [0.1, 0.15) is 39.5 Å². The van der Waals surface area contributed by atoms with Gasteiger partial charge in [-0.2, -0.15) is 5.10 Å². The van der Waals surface area contributed by atoms with Gasteiger partial charge in [0.1, 0.15) is 10.9 Å². The third-order valence-corrected chi connectivity index (χ3v) is 6.16. The Bertz CT molecular complexity index is 1390. The lowest BCUT2D eigenvalue weighted by Gasteiger charge is -2.23. The molecule has 0 unspecified atom stereocenters. The number of nitrogens with zero attached hydrogens (tertiary/aromatic N) is 3. The Morgan fingerprint density at radius 3 is 2.61 bits per heavy atom. The predicted octanol–water partition coefficient (Wildman–Crippen LogP) is 6.20. The maximum atomic E-state index is 13.5. The summed E-state index contributed by atoms with van der Waals surface area (Å²) in [6, 6.07) is 24.6. The summed E-state index contributed by atoms with van der Waals surface area (Å²) in [5, 5.41) is 7.60. The number of pyridine rings is 1. The highest BCUT2D eigenvalue weighted by Crippen LogP contribution is 2.38. The SMILES string of the molecule is COc1ccc2cc([C@H]3CC(c4cccc(C)c4)=NN3C(=O)c3ccccc3)c(Cl)nc2c1. The van der Waals surface area contributed by atoms with E-state index >= 15 is 0 Å². The highest BCUT2D eigenvalue weighted by molar-refractivity contribution is 6.30. The van der Waals surface area contributed by atoms with E-state index in [1.807, 2.05) is 67.6 Å². The molecule has 0 fully saturated rings. The van der Waals surface area contributed by atoms with Gasteiger partial charge in [0.15, 0.2) is 0 Å². The van der Waals surface area contributed by atoms with Crippen molar-refractivity contribution in [1.82, 2.24) is 9.99 Å². The van der Waals surface area contributed by atoms with Crippen LogP contribution in [0.4, 0.5) is 0 Å². The lowest BCUT2D eigenvalue weighted by molar-refractivity contribution is 0.0711. The summed E-state index contributed by atoms with van der Waals surface area (Å²) in [6.07, 6.45) is 0.547. The minimum Gasteiger partial charge on any atom is -0.497 e. The molecule has 0 aliphatic carbocycles. The first-order valence-electron chi connectivity index (χ1n) is 10.7. The van der Waals surface area contributed by atoms with Gasteiger partial charge in [-0.3, -0.25) is 4.79 Å². The van der Waals surface area contributed by atoms with Gasteiger partial charge in [0, 0.05) is 29.0 Å². The average Bonchev–Trinajstić information content (AvgIpc) is 3.28. The molecule has 4 aromatic rings. The smallest absolute Gasteiger partial charge is 0.274 e. The van der Waals surface area contributed by atoms with Crippen molar-refractivity contribution in [3.63, 3.8) is 0 Å². The van der Waals surface area contributed by atoms with Gasteiger partial charge >= 0.3 is 0 Å². The second-order valence-corrected chi connectivity index (χ2v) is 8.44. The van der Waals surface area contributed by atoms with E-state index in [0.29, 0.717) is 22.9 Å². The molecule has 33 heavy (non-hydrogen) atoms. The van der Waals surface area contributed by atoms with Crippen molar-refractivity contribution in [2.75, 3.05) is 7.11 Å². The Morgan fingerprint density at radius 1 is 1.03 bits per heavy atom. The topological polar surface area (TPSA) is 54.8 Å². The summed E-state index contributed by atoms with van der Waals surface area (Å²) >= 11 is 6.67. The third kappa shape index (κ3) is 4.08. The van der Waals surface area contributed by atoms with Crippen molar-refractivity contribution < 1.29 is 9.53 Å². The number of carbonyl (C=O) groups is 1. The fraction of sp³-hybridized carbons (Fsp3) is 0.148. The molecule has 164 valence electrons. The Balaban J connectivity index is 1.60. The number of benzene rings is 3. The number of methoxy groups -OCH3 is 1. The van der Waals surface area contributed by atoms with Crippen molar-refractivity contribution in [1.29, 1.82) is 0 Å². The molecule has 1 aromatic heterocycles. The van der Waals surface area contributed by atoms with Crippen LogP contribution in [0, 0.1) is 6.92 Å². The predicted molar refractivity (Wildman–Crippen MR) is 131 cm³/mol. The Kier molecular flexibility index (Phi) is 5.56. The zero-order valence-corrected chi connectivity index (χ0v) is 19.1. The molecule has 0 saturated heterocycles. The largest absolute Gasteiger partial charge is 0.497 e. The van der Waals surface area contributed by atoms with E-state index in [0.717, 1.165) is 33.3 Å². The van der Waals surface area contributed by atoms with E-state index < -0.39 is 0 Å². The van der Waals surface area contributed by atoms with E-state index in [4.69, 9.17) is 21.4 Å². The number of hydrogen-bond donors (Lipinski definition) is 0. The summed E-state index contributed by atoms with van der Waals surface area (Å²) in [5.74, 6) is 0.541. The normalized spacial score (nSPS) is 15.5. The molecule has 3 aromatic carbocycles. The second kappa shape index (κ2) is 8.68. The maximum Gasteiger partial charge on any atom is 0.274 e. The van der Waals surface area contributed by atoms with Crippen LogP contribution < -0.4 is 4.74 Å². The molecular formula is C27H22ClN3O2. The number of carbonyl (C=O) groups excluding carboxylic acids is 1. The van der Waals surface area contributed by atoms with Crippen molar-refractivity contribution >= 4 is 34.1 Å².